The quantitative estimate of drug-likeness (QED) is 0.835. The van der Waals surface area contributed by atoms with Gasteiger partial charge >= 0.3 is 0 Å². The Labute approximate surface area is 112 Å². The summed E-state index contributed by atoms with van der Waals surface area (Å²) < 4.78 is 2.31. The van der Waals surface area contributed by atoms with E-state index in [9.17, 15) is 4.79 Å². The summed E-state index contributed by atoms with van der Waals surface area (Å²) in [4.78, 5) is 15.9. The summed E-state index contributed by atoms with van der Waals surface area (Å²) in [5, 5.41) is 6.67. The van der Waals surface area contributed by atoms with E-state index in [2.05, 4.69) is 31.3 Å². The number of halogens is 1. The number of hydrogen-bond donors (Lipinski definition) is 2. The van der Waals surface area contributed by atoms with Crippen molar-refractivity contribution in [2.45, 2.75) is 6.04 Å². The summed E-state index contributed by atoms with van der Waals surface area (Å²) in [6, 6.07) is 2.73. The Morgan fingerprint density at radius 1 is 1.50 bits per heavy atom. The minimum absolute atomic E-state index is 0.299. The Bertz CT molecular complexity index is 551. The molecule has 2 aromatic heterocycles. The molecule has 3 N–H and O–H groups in total. The van der Waals surface area contributed by atoms with Crippen molar-refractivity contribution in [3.8, 4) is 0 Å². The van der Waals surface area contributed by atoms with Crippen LogP contribution >= 0.6 is 15.9 Å². The highest BCUT2D eigenvalue weighted by Gasteiger charge is 2.17. The molecule has 94 valence electrons. The predicted molar refractivity (Wildman–Crippen MR) is 70.7 cm³/mol. The van der Waals surface area contributed by atoms with Gasteiger partial charge in [-0.2, -0.15) is 5.10 Å². The number of anilines is 1. The van der Waals surface area contributed by atoms with E-state index in [1.807, 2.05) is 0 Å². The van der Waals surface area contributed by atoms with Crippen LogP contribution in [0.3, 0.4) is 0 Å². The second-order valence-electron chi connectivity index (χ2n) is 3.78. The normalized spacial score (nSPS) is 12.2. The highest BCUT2D eigenvalue weighted by Crippen LogP contribution is 2.14. The van der Waals surface area contributed by atoms with Crippen LogP contribution in [0.1, 0.15) is 11.6 Å². The van der Waals surface area contributed by atoms with Gasteiger partial charge in [0.25, 0.3) is 0 Å². The fraction of sp³-hybridized carbons (Fsp3) is 0.182. The molecule has 0 aliphatic rings. The van der Waals surface area contributed by atoms with Crippen LogP contribution in [-0.2, 0) is 11.8 Å². The zero-order chi connectivity index (χ0) is 13.1. The van der Waals surface area contributed by atoms with Gasteiger partial charge in [-0.05, 0) is 28.1 Å². The second kappa shape index (κ2) is 5.28. The number of aryl methyl sites for hydroxylation is 1. The first-order valence-electron chi connectivity index (χ1n) is 5.23. The van der Waals surface area contributed by atoms with Gasteiger partial charge in [0.2, 0.25) is 5.91 Å². The van der Waals surface area contributed by atoms with Crippen LogP contribution in [0.25, 0.3) is 0 Å². The molecule has 0 aliphatic carbocycles. The van der Waals surface area contributed by atoms with Crippen molar-refractivity contribution in [3.63, 3.8) is 0 Å². The third-order valence-electron chi connectivity index (χ3n) is 2.36. The number of nitrogens with two attached hydrogens (primary N) is 1. The van der Waals surface area contributed by atoms with E-state index in [0.717, 1.165) is 0 Å². The average Bonchev–Trinajstić information content (AvgIpc) is 2.78. The van der Waals surface area contributed by atoms with Crippen LogP contribution < -0.4 is 11.1 Å². The molecule has 18 heavy (non-hydrogen) atoms. The molecule has 0 bridgehead atoms. The van der Waals surface area contributed by atoms with Crippen molar-refractivity contribution in [2.24, 2.45) is 12.8 Å². The highest BCUT2D eigenvalue weighted by molar-refractivity contribution is 9.10. The molecule has 0 aromatic carbocycles. The predicted octanol–water partition coefficient (Wildman–Crippen LogP) is 1.22. The first-order chi connectivity index (χ1) is 8.56. The van der Waals surface area contributed by atoms with Gasteiger partial charge in [0.15, 0.2) is 0 Å². The van der Waals surface area contributed by atoms with Crippen LogP contribution in [0.2, 0.25) is 0 Å². The summed E-state index contributed by atoms with van der Waals surface area (Å²) in [6.45, 7) is 0. The smallest absolute Gasteiger partial charge is 0.246 e. The first kappa shape index (κ1) is 12.7. The first-order valence-corrected chi connectivity index (χ1v) is 6.02. The molecule has 2 rings (SSSR count). The lowest BCUT2D eigenvalue weighted by molar-refractivity contribution is -0.117. The lowest BCUT2D eigenvalue weighted by Crippen LogP contribution is -2.27. The van der Waals surface area contributed by atoms with Crippen LogP contribution in [0.4, 0.5) is 5.69 Å². The average molecular weight is 310 g/mol. The zero-order valence-electron chi connectivity index (χ0n) is 9.67. The Hall–Kier alpha value is -1.73. The summed E-state index contributed by atoms with van der Waals surface area (Å²) in [5.41, 5.74) is 7.10. The van der Waals surface area contributed by atoms with Gasteiger partial charge < -0.3 is 11.1 Å². The number of nitrogens with one attached hydrogen (secondary N) is 1. The molecule has 0 fully saturated rings. The lowest BCUT2D eigenvalue weighted by atomic mass is 10.1. The molecule has 1 unspecified atom stereocenters. The molecule has 0 spiro atoms. The van der Waals surface area contributed by atoms with Gasteiger partial charge in [-0.1, -0.05) is 0 Å². The van der Waals surface area contributed by atoms with E-state index in [0.29, 0.717) is 15.9 Å². The Morgan fingerprint density at radius 2 is 2.28 bits per heavy atom. The molecule has 0 saturated carbocycles. The minimum atomic E-state index is -0.748. The van der Waals surface area contributed by atoms with Gasteiger partial charge in [0, 0.05) is 18.8 Å². The molecule has 1 amide bonds. The van der Waals surface area contributed by atoms with Gasteiger partial charge in [0.1, 0.15) is 10.6 Å². The Kier molecular flexibility index (Phi) is 3.73. The topological polar surface area (TPSA) is 85.8 Å². The number of rotatable bonds is 3. The molecule has 0 saturated heterocycles. The van der Waals surface area contributed by atoms with Crippen LogP contribution in [0.5, 0.6) is 0 Å². The SMILES string of the molecule is Cn1cc(C(N)C(=O)Nc2ccc(Br)nc2)cn1. The largest absolute Gasteiger partial charge is 0.323 e. The van der Waals surface area contributed by atoms with Crippen molar-refractivity contribution in [1.82, 2.24) is 14.8 Å². The molecule has 7 heteroatoms. The summed E-state index contributed by atoms with van der Waals surface area (Å²) in [6.07, 6.45) is 4.84. The number of carbonyl (C=O) groups excluding carboxylic acids is 1. The number of aromatic nitrogens is 3. The molecule has 6 nitrogen and oxygen atoms in total. The maximum absolute atomic E-state index is 11.9. The van der Waals surface area contributed by atoms with Gasteiger partial charge in [-0.25, -0.2) is 4.98 Å². The number of nitrogens with zero attached hydrogens (tertiary/aromatic N) is 3. The summed E-state index contributed by atoms with van der Waals surface area (Å²) >= 11 is 3.22. The van der Waals surface area contributed by atoms with Gasteiger partial charge in [-0.15, -0.1) is 0 Å². The molecule has 1 atom stereocenters. The van der Waals surface area contributed by atoms with E-state index in [4.69, 9.17) is 5.73 Å². The standard InChI is InChI=1S/C11H12BrN5O/c1-17-6-7(4-15-17)10(13)11(18)16-8-2-3-9(12)14-5-8/h2-6,10H,13H2,1H3,(H,16,18). The molecule has 0 aliphatic heterocycles. The maximum Gasteiger partial charge on any atom is 0.246 e. The fourth-order valence-corrected chi connectivity index (χ4v) is 1.66. The van der Waals surface area contributed by atoms with Gasteiger partial charge in [-0.3, -0.25) is 9.48 Å². The van der Waals surface area contributed by atoms with Crippen molar-refractivity contribution in [2.75, 3.05) is 5.32 Å². The molecule has 2 aromatic rings. The second-order valence-corrected chi connectivity index (χ2v) is 4.60. The zero-order valence-corrected chi connectivity index (χ0v) is 11.3. The fourth-order valence-electron chi connectivity index (χ4n) is 1.42. The third-order valence-corrected chi connectivity index (χ3v) is 2.83. The number of hydrogen-bond acceptors (Lipinski definition) is 4. The van der Waals surface area contributed by atoms with Crippen molar-refractivity contribution in [1.29, 1.82) is 0 Å². The van der Waals surface area contributed by atoms with E-state index in [1.54, 1.807) is 42.5 Å². The molecular weight excluding hydrogens is 298 g/mol. The van der Waals surface area contributed by atoms with E-state index in [-0.39, 0.29) is 5.91 Å². The molecule has 0 radical (unpaired) electrons. The number of pyridine rings is 1. The number of amides is 1. The van der Waals surface area contributed by atoms with E-state index in [1.165, 1.54) is 0 Å². The minimum Gasteiger partial charge on any atom is -0.323 e. The Balaban J connectivity index is 2.05. The lowest BCUT2D eigenvalue weighted by Gasteiger charge is -2.10. The summed E-state index contributed by atoms with van der Waals surface area (Å²) in [5.74, 6) is -0.299. The van der Waals surface area contributed by atoms with Crippen molar-refractivity contribution in [3.05, 3.63) is 40.9 Å². The summed E-state index contributed by atoms with van der Waals surface area (Å²) in [7, 11) is 1.77. The van der Waals surface area contributed by atoms with Crippen LogP contribution in [0.15, 0.2) is 35.3 Å². The van der Waals surface area contributed by atoms with E-state index < -0.39 is 6.04 Å². The highest BCUT2D eigenvalue weighted by atomic mass is 79.9. The maximum atomic E-state index is 11.9. The monoisotopic (exact) mass is 309 g/mol. The van der Waals surface area contributed by atoms with Gasteiger partial charge in [0.05, 0.1) is 18.1 Å². The molecular formula is C11H12BrN5O. The van der Waals surface area contributed by atoms with Crippen LogP contribution in [-0.4, -0.2) is 20.7 Å². The number of carbonyl (C=O) groups is 1. The van der Waals surface area contributed by atoms with Crippen molar-refractivity contribution >= 4 is 27.5 Å². The molecule has 2 heterocycles. The van der Waals surface area contributed by atoms with Crippen molar-refractivity contribution < 1.29 is 4.79 Å². The van der Waals surface area contributed by atoms with E-state index >= 15 is 0 Å². The van der Waals surface area contributed by atoms with Crippen LogP contribution in [0, 0.1) is 0 Å². The third kappa shape index (κ3) is 2.93. The Morgan fingerprint density at radius 3 is 2.83 bits per heavy atom.